The number of unbranched alkanes of at least 4 members (excludes halogenated alkanes) is 4. The Morgan fingerprint density at radius 2 is 1.24 bits per heavy atom. The Bertz CT molecular complexity index is 971. The number of phosphoric acid groups is 1. The first kappa shape index (κ1) is 42.5. The summed E-state index contributed by atoms with van der Waals surface area (Å²) in [6, 6.07) is 0. The van der Waals surface area contributed by atoms with Crippen molar-refractivity contribution in [1.82, 2.24) is 5.32 Å². The van der Waals surface area contributed by atoms with E-state index in [1.54, 1.807) is 0 Å². The molecule has 0 saturated heterocycles. The molecule has 10 heteroatoms. The van der Waals surface area contributed by atoms with Crippen LogP contribution in [-0.2, 0) is 27.9 Å². The monoisotopic (exact) mass is 651 g/mol. The Kier molecular flexibility index (Phi) is 29.7. The van der Waals surface area contributed by atoms with E-state index in [-0.39, 0.29) is 32.1 Å². The molecule has 2 atom stereocenters. The van der Waals surface area contributed by atoms with E-state index in [9.17, 15) is 24.2 Å². The highest BCUT2D eigenvalue weighted by Crippen LogP contribution is 2.42. The van der Waals surface area contributed by atoms with Crippen molar-refractivity contribution in [3.63, 3.8) is 0 Å². The molecule has 0 saturated carbocycles. The third-order valence-corrected chi connectivity index (χ3v) is 7.14. The third kappa shape index (κ3) is 32.6. The summed E-state index contributed by atoms with van der Waals surface area (Å²) in [7, 11) is -4.40. The van der Waals surface area contributed by atoms with E-state index in [1.807, 2.05) is 6.92 Å². The number of aliphatic hydroxyl groups is 1. The predicted molar refractivity (Wildman–Crippen MR) is 183 cm³/mol. The highest BCUT2D eigenvalue weighted by Gasteiger charge is 2.23. The molecule has 0 aliphatic carbocycles. The van der Waals surface area contributed by atoms with Crippen LogP contribution in [0.2, 0.25) is 0 Å². The van der Waals surface area contributed by atoms with Crippen LogP contribution in [0.4, 0.5) is 0 Å². The van der Waals surface area contributed by atoms with Gasteiger partial charge in [0.25, 0.3) is 0 Å². The van der Waals surface area contributed by atoms with Gasteiger partial charge in [-0.15, -0.1) is 0 Å². The normalized spacial score (nSPS) is 14.5. The lowest BCUT2D eigenvalue weighted by Gasteiger charge is -2.15. The van der Waals surface area contributed by atoms with Crippen LogP contribution in [0.1, 0.15) is 104 Å². The largest absolute Gasteiger partial charge is 0.472 e. The van der Waals surface area contributed by atoms with Gasteiger partial charge >= 0.3 is 13.8 Å². The highest BCUT2D eigenvalue weighted by molar-refractivity contribution is 7.47. The van der Waals surface area contributed by atoms with Crippen LogP contribution < -0.4 is 5.32 Å². The van der Waals surface area contributed by atoms with Crippen molar-refractivity contribution in [1.29, 1.82) is 0 Å². The van der Waals surface area contributed by atoms with Gasteiger partial charge in [0.2, 0.25) is 5.91 Å². The lowest BCUT2D eigenvalue weighted by Crippen LogP contribution is -2.27. The molecule has 0 radical (unpaired) electrons. The first-order valence-corrected chi connectivity index (χ1v) is 17.9. The zero-order valence-electron chi connectivity index (χ0n) is 27.5. The SMILES string of the molecule is CC/C=C\C/C=C\C/C=C\C/C=C\C/C=C\C/C=C\CCCCC(=O)OCC(O)COP(=O)(O)OCCNC(=O)CCCCC. The molecule has 0 aromatic rings. The molecule has 256 valence electrons. The summed E-state index contributed by atoms with van der Waals surface area (Å²) in [4.78, 5) is 33.2. The maximum atomic E-state index is 11.9. The van der Waals surface area contributed by atoms with Gasteiger partial charge in [-0.1, -0.05) is 99.6 Å². The summed E-state index contributed by atoms with van der Waals surface area (Å²) in [5.41, 5.74) is 0. The topological polar surface area (TPSA) is 131 Å². The molecule has 0 rings (SSSR count). The minimum Gasteiger partial charge on any atom is -0.463 e. The van der Waals surface area contributed by atoms with Gasteiger partial charge in [0.15, 0.2) is 0 Å². The van der Waals surface area contributed by atoms with Crippen LogP contribution in [0.5, 0.6) is 0 Å². The van der Waals surface area contributed by atoms with Crippen molar-refractivity contribution >= 4 is 19.7 Å². The van der Waals surface area contributed by atoms with Crippen molar-refractivity contribution in [2.24, 2.45) is 0 Å². The highest BCUT2D eigenvalue weighted by atomic mass is 31.2. The number of hydrogen-bond donors (Lipinski definition) is 3. The zero-order chi connectivity index (χ0) is 33.3. The number of hydrogen-bond acceptors (Lipinski definition) is 7. The number of esters is 1. The van der Waals surface area contributed by atoms with Gasteiger partial charge in [0.1, 0.15) is 12.7 Å². The Hall–Kier alpha value is -2.55. The van der Waals surface area contributed by atoms with Crippen molar-refractivity contribution < 1.29 is 37.9 Å². The summed E-state index contributed by atoms with van der Waals surface area (Å²) in [5, 5.41) is 12.5. The maximum Gasteiger partial charge on any atom is 0.472 e. The predicted octanol–water partition coefficient (Wildman–Crippen LogP) is 7.98. The van der Waals surface area contributed by atoms with E-state index < -0.39 is 26.5 Å². The number of phosphoric ester groups is 1. The molecule has 3 N–H and O–H groups in total. The van der Waals surface area contributed by atoms with E-state index in [1.165, 1.54) is 0 Å². The van der Waals surface area contributed by atoms with Crippen LogP contribution in [0, 0.1) is 0 Å². The van der Waals surface area contributed by atoms with Crippen LogP contribution >= 0.6 is 7.82 Å². The average Bonchev–Trinajstić information content (AvgIpc) is 3.02. The second-order valence-electron chi connectivity index (χ2n) is 10.4. The number of amides is 1. The van der Waals surface area contributed by atoms with E-state index in [2.05, 4.69) is 85.2 Å². The number of carbonyl (C=O) groups excluding carboxylic acids is 2. The molecular formula is C35H58NO8P. The first-order chi connectivity index (χ1) is 21.8. The van der Waals surface area contributed by atoms with Crippen LogP contribution in [0.15, 0.2) is 72.9 Å². The number of ether oxygens (including phenoxy) is 1. The van der Waals surface area contributed by atoms with Crippen LogP contribution in [0.3, 0.4) is 0 Å². The van der Waals surface area contributed by atoms with Crippen LogP contribution in [0.25, 0.3) is 0 Å². The van der Waals surface area contributed by atoms with E-state index in [0.29, 0.717) is 12.8 Å². The Labute approximate surface area is 271 Å². The second-order valence-corrected chi connectivity index (χ2v) is 11.9. The fourth-order valence-electron chi connectivity index (χ4n) is 3.67. The summed E-state index contributed by atoms with van der Waals surface area (Å²) < 4.78 is 26.4. The van der Waals surface area contributed by atoms with E-state index >= 15 is 0 Å². The molecule has 0 spiro atoms. The molecule has 0 aromatic heterocycles. The zero-order valence-corrected chi connectivity index (χ0v) is 28.4. The van der Waals surface area contributed by atoms with Crippen molar-refractivity contribution in [3.8, 4) is 0 Å². The van der Waals surface area contributed by atoms with Crippen molar-refractivity contribution in [2.75, 3.05) is 26.4 Å². The molecule has 0 aliphatic heterocycles. The average molecular weight is 652 g/mol. The number of nitrogens with one attached hydrogen (secondary N) is 1. The molecule has 9 nitrogen and oxygen atoms in total. The molecule has 0 bridgehead atoms. The van der Waals surface area contributed by atoms with E-state index in [0.717, 1.165) is 70.6 Å². The minimum absolute atomic E-state index is 0.0686. The molecule has 1 amide bonds. The molecule has 2 unspecified atom stereocenters. The Morgan fingerprint density at radius 1 is 0.711 bits per heavy atom. The smallest absolute Gasteiger partial charge is 0.463 e. The lowest BCUT2D eigenvalue weighted by atomic mass is 10.2. The van der Waals surface area contributed by atoms with Gasteiger partial charge in [-0.25, -0.2) is 4.57 Å². The standard InChI is InChI=1S/C35H58NO8P/c1-3-5-7-8-9-10-11-12-13-14-15-16-17-18-19-20-21-22-23-24-26-28-35(39)42-31-33(37)32-44-45(40,41)43-30-29-36-34(38)27-25-6-4-2/h5,7,9-10,12-13,15-16,18-19,21-22,33,37H,3-4,6,8,11,14,17,20,23-32H2,1-2H3,(H,36,38)(H,40,41)/b7-5-,10-9-,13-12-,16-15-,19-18-,22-21-. The minimum atomic E-state index is -4.40. The quantitative estimate of drug-likeness (QED) is 0.0321. The van der Waals surface area contributed by atoms with E-state index in [4.69, 9.17) is 13.8 Å². The third-order valence-electron chi connectivity index (χ3n) is 6.15. The van der Waals surface area contributed by atoms with Gasteiger partial charge in [0.05, 0.1) is 13.2 Å². The van der Waals surface area contributed by atoms with Crippen molar-refractivity contribution in [2.45, 2.75) is 110 Å². The number of rotatable bonds is 29. The summed E-state index contributed by atoms with van der Waals surface area (Å²) in [6.07, 6.45) is 36.3. The van der Waals surface area contributed by atoms with Gasteiger partial charge < -0.3 is 20.1 Å². The summed E-state index contributed by atoms with van der Waals surface area (Å²) in [6.45, 7) is 3.16. The first-order valence-electron chi connectivity index (χ1n) is 16.4. The van der Waals surface area contributed by atoms with Crippen LogP contribution in [-0.4, -0.2) is 54.3 Å². The fraction of sp³-hybridized carbons (Fsp3) is 0.600. The van der Waals surface area contributed by atoms with Crippen molar-refractivity contribution in [3.05, 3.63) is 72.9 Å². The van der Waals surface area contributed by atoms with Gasteiger partial charge in [-0.3, -0.25) is 18.6 Å². The number of aliphatic hydroxyl groups excluding tert-OH is 1. The molecule has 0 fully saturated rings. The second kappa shape index (κ2) is 31.4. The molecule has 0 aromatic carbocycles. The summed E-state index contributed by atoms with van der Waals surface area (Å²) in [5.74, 6) is -0.596. The van der Waals surface area contributed by atoms with Gasteiger partial charge in [0, 0.05) is 19.4 Å². The Balaban J connectivity index is 3.75. The molecule has 0 heterocycles. The number of carbonyl (C=O) groups is 2. The van der Waals surface area contributed by atoms with Gasteiger partial charge in [-0.05, 0) is 64.2 Å². The molecule has 45 heavy (non-hydrogen) atoms. The maximum absolute atomic E-state index is 11.9. The lowest BCUT2D eigenvalue weighted by molar-refractivity contribution is -0.147. The molecule has 0 aliphatic rings. The number of allylic oxidation sites excluding steroid dienone is 12. The fourth-order valence-corrected chi connectivity index (χ4v) is 4.43. The van der Waals surface area contributed by atoms with Gasteiger partial charge in [-0.2, -0.15) is 0 Å². The Morgan fingerprint density at radius 3 is 1.80 bits per heavy atom. The summed E-state index contributed by atoms with van der Waals surface area (Å²) >= 11 is 0. The molecular weight excluding hydrogens is 593 g/mol.